The fourth-order valence-electron chi connectivity index (χ4n) is 4.40. The normalized spacial score (nSPS) is 16.0. The summed E-state index contributed by atoms with van der Waals surface area (Å²) in [7, 11) is -3.93. The van der Waals surface area contributed by atoms with E-state index in [4.69, 9.17) is 0 Å². The molecule has 6 nitrogen and oxygen atoms in total. The lowest BCUT2D eigenvalue weighted by Crippen LogP contribution is -2.40. The number of piperidine rings is 1. The van der Waals surface area contributed by atoms with Gasteiger partial charge in [0.2, 0.25) is 5.91 Å². The molecular weight excluding hydrogens is 538 g/mol. The summed E-state index contributed by atoms with van der Waals surface area (Å²) in [6, 6.07) is 21.7. The Balaban J connectivity index is 1.45. The average molecular weight is 571 g/mol. The summed E-state index contributed by atoms with van der Waals surface area (Å²) in [6.07, 6.45) is 2.48. The largest absolute Gasteiger partial charge is 0.371 e. The zero-order valence-electron chi connectivity index (χ0n) is 20.7. The van der Waals surface area contributed by atoms with Gasteiger partial charge in [-0.1, -0.05) is 52.7 Å². The molecule has 1 N–H and O–H groups in total. The van der Waals surface area contributed by atoms with Crippen LogP contribution in [0, 0.1) is 12.8 Å². The Kier molecular flexibility index (Phi) is 8.36. The summed E-state index contributed by atoms with van der Waals surface area (Å²) in [5, 5.41) is 2.88. The molecule has 1 atom stereocenters. The van der Waals surface area contributed by atoms with E-state index in [1.54, 1.807) is 48.5 Å². The number of sulfonamides is 1. The molecule has 3 aromatic rings. The van der Waals surface area contributed by atoms with Gasteiger partial charge in [0.1, 0.15) is 6.54 Å². The second-order valence-electron chi connectivity index (χ2n) is 9.44. The molecule has 1 saturated heterocycles. The molecule has 1 heterocycles. The third-order valence-corrected chi connectivity index (χ3v) is 8.78. The van der Waals surface area contributed by atoms with Gasteiger partial charge < -0.3 is 10.2 Å². The lowest BCUT2D eigenvalue weighted by Gasteiger charge is -2.32. The Morgan fingerprint density at radius 3 is 2.33 bits per heavy atom. The first-order valence-electron chi connectivity index (χ1n) is 12.2. The predicted octanol–water partition coefficient (Wildman–Crippen LogP) is 5.51. The molecule has 1 amide bonds. The number of aryl methyl sites for hydroxylation is 1. The number of rotatable bonds is 8. The Hall–Kier alpha value is -2.84. The summed E-state index contributed by atoms with van der Waals surface area (Å²) in [5.74, 6) is 0.324. The van der Waals surface area contributed by atoms with Crippen LogP contribution in [0.2, 0.25) is 0 Å². The van der Waals surface area contributed by atoms with Crippen LogP contribution >= 0.6 is 15.9 Å². The number of benzene rings is 3. The molecule has 4 rings (SSSR count). The van der Waals surface area contributed by atoms with Gasteiger partial charge in [0.25, 0.3) is 10.0 Å². The summed E-state index contributed by atoms with van der Waals surface area (Å²) >= 11 is 3.38. The van der Waals surface area contributed by atoms with Gasteiger partial charge in [-0.25, -0.2) is 8.42 Å². The minimum Gasteiger partial charge on any atom is -0.371 e. The molecule has 1 aliphatic heterocycles. The summed E-state index contributed by atoms with van der Waals surface area (Å²) in [5.41, 5.74) is 3.55. The fraction of sp³-hybridized carbons (Fsp3) is 0.321. The highest BCUT2D eigenvalue weighted by Gasteiger charge is 2.27. The van der Waals surface area contributed by atoms with Gasteiger partial charge in [0.15, 0.2) is 0 Å². The van der Waals surface area contributed by atoms with Crippen LogP contribution < -0.4 is 14.5 Å². The number of nitrogens with zero attached hydrogens (tertiary/aromatic N) is 2. The van der Waals surface area contributed by atoms with Gasteiger partial charge in [-0.2, -0.15) is 0 Å². The number of carbonyl (C=O) groups is 1. The van der Waals surface area contributed by atoms with E-state index < -0.39 is 10.0 Å². The van der Waals surface area contributed by atoms with Crippen molar-refractivity contribution >= 4 is 43.2 Å². The van der Waals surface area contributed by atoms with Crippen molar-refractivity contribution in [1.82, 2.24) is 5.32 Å². The van der Waals surface area contributed by atoms with Crippen LogP contribution in [-0.4, -0.2) is 34.0 Å². The maximum absolute atomic E-state index is 13.5. The summed E-state index contributed by atoms with van der Waals surface area (Å²) < 4.78 is 28.9. The maximum atomic E-state index is 13.5. The van der Waals surface area contributed by atoms with E-state index in [0.717, 1.165) is 33.0 Å². The lowest BCUT2D eigenvalue weighted by atomic mass is 9.99. The molecule has 1 unspecified atom stereocenters. The van der Waals surface area contributed by atoms with Crippen LogP contribution in [0.1, 0.15) is 30.9 Å². The SMILES string of the molecule is Cc1ccc(S(=O)(=O)N(CC(=O)NCc2ccc(N3CCCC(C)C3)cc2)c2ccc(Br)cc2)cc1. The van der Waals surface area contributed by atoms with Gasteiger partial charge in [0, 0.05) is 29.8 Å². The van der Waals surface area contributed by atoms with Crippen LogP contribution in [0.15, 0.2) is 82.2 Å². The third-order valence-electron chi connectivity index (χ3n) is 6.46. The highest BCUT2D eigenvalue weighted by Crippen LogP contribution is 2.26. The van der Waals surface area contributed by atoms with E-state index in [9.17, 15) is 13.2 Å². The second-order valence-corrected chi connectivity index (χ2v) is 12.2. The molecule has 0 saturated carbocycles. The molecule has 190 valence electrons. The minimum atomic E-state index is -3.93. The number of carbonyl (C=O) groups excluding carboxylic acids is 1. The molecule has 0 aromatic heterocycles. The highest BCUT2D eigenvalue weighted by molar-refractivity contribution is 9.10. The second kappa shape index (κ2) is 11.5. The first-order chi connectivity index (χ1) is 17.2. The smallest absolute Gasteiger partial charge is 0.264 e. The van der Waals surface area contributed by atoms with Crippen molar-refractivity contribution in [3.8, 4) is 0 Å². The van der Waals surface area contributed by atoms with Crippen LogP contribution in [0.4, 0.5) is 11.4 Å². The van der Waals surface area contributed by atoms with Crippen molar-refractivity contribution in [1.29, 1.82) is 0 Å². The van der Waals surface area contributed by atoms with Crippen LogP contribution in [-0.2, 0) is 21.4 Å². The first-order valence-corrected chi connectivity index (χ1v) is 14.4. The number of hydrogen-bond acceptors (Lipinski definition) is 4. The van der Waals surface area contributed by atoms with Gasteiger partial charge in [-0.3, -0.25) is 9.10 Å². The van der Waals surface area contributed by atoms with E-state index in [2.05, 4.69) is 45.2 Å². The summed E-state index contributed by atoms with van der Waals surface area (Å²) in [6.45, 7) is 6.33. The zero-order chi connectivity index (χ0) is 25.7. The highest BCUT2D eigenvalue weighted by atomic mass is 79.9. The van der Waals surface area contributed by atoms with Gasteiger partial charge in [0.05, 0.1) is 10.6 Å². The van der Waals surface area contributed by atoms with E-state index in [1.165, 1.54) is 18.5 Å². The van der Waals surface area contributed by atoms with Crippen molar-refractivity contribution in [3.63, 3.8) is 0 Å². The molecule has 0 aliphatic carbocycles. The zero-order valence-corrected chi connectivity index (χ0v) is 23.1. The molecular formula is C28H32BrN3O3S. The van der Waals surface area contributed by atoms with Crippen LogP contribution in [0.5, 0.6) is 0 Å². The summed E-state index contributed by atoms with van der Waals surface area (Å²) in [4.78, 5) is 15.5. The third kappa shape index (κ3) is 6.48. The van der Waals surface area contributed by atoms with Crippen LogP contribution in [0.25, 0.3) is 0 Å². The molecule has 8 heteroatoms. The maximum Gasteiger partial charge on any atom is 0.264 e. The Bertz CT molecular complexity index is 1280. The lowest BCUT2D eigenvalue weighted by molar-refractivity contribution is -0.119. The molecule has 0 bridgehead atoms. The van der Waals surface area contributed by atoms with Crippen LogP contribution in [0.3, 0.4) is 0 Å². The average Bonchev–Trinajstić information content (AvgIpc) is 2.87. The van der Waals surface area contributed by atoms with Crippen molar-refractivity contribution in [3.05, 3.63) is 88.4 Å². The molecule has 0 spiro atoms. The fourth-order valence-corrected chi connectivity index (χ4v) is 6.08. The van der Waals surface area contributed by atoms with Gasteiger partial charge in [-0.15, -0.1) is 0 Å². The Labute approximate surface area is 222 Å². The first kappa shape index (κ1) is 26.2. The van der Waals surface area contributed by atoms with E-state index in [0.29, 0.717) is 18.2 Å². The monoisotopic (exact) mass is 569 g/mol. The molecule has 1 fully saturated rings. The van der Waals surface area contributed by atoms with Crippen molar-refractivity contribution in [2.24, 2.45) is 5.92 Å². The molecule has 1 aliphatic rings. The number of amides is 1. The van der Waals surface area contributed by atoms with Crippen molar-refractivity contribution < 1.29 is 13.2 Å². The van der Waals surface area contributed by atoms with E-state index in [1.807, 2.05) is 19.1 Å². The number of halogens is 1. The quantitative estimate of drug-likeness (QED) is 0.388. The molecule has 0 radical (unpaired) electrons. The van der Waals surface area contributed by atoms with Crippen molar-refractivity contribution in [2.75, 3.05) is 28.8 Å². The molecule has 36 heavy (non-hydrogen) atoms. The minimum absolute atomic E-state index is 0.145. The van der Waals surface area contributed by atoms with Gasteiger partial charge >= 0.3 is 0 Å². The number of nitrogens with one attached hydrogen (secondary N) is 1. The molecule has 3 aromatic carbocycles. The van der Waals surface area contributed by atoms with E-state index in [-0.39, 0.29) is 17.3 Å². The number of anilines is 2. The van der Waals surface area contributed by atoms with Gasteiger partial charge in [-0.05, 0) is 79.8 Å². The number of hydrogen-bond donors (Lipinski definition) is 1. The Morgan fingerprint density at radius 1 is 1.03 bits per heavy atom. The van der Waals surface area contributed by atoms with E-state index >= 15 is 0 Å². The van der Waals surface area contributed by atoms with Crippen molar-refractivity contribution in [2.45, 2.75) is 38.1 Å². The Morgan fingerprint density at radius 2 is 1.69 bits per heavy atom. The standard InChI is InChI=1S/C28H32BrN3O3S/c1-21-5-15-27(16-6-21)36(34,35)32(26-13-9-24(29)10-14-26)20-28(33)30-18-23-7-11-25(12-8-23)31-17-3-4-22(2)19-31/h5-16,22H,3-4,17-20H2,1-2H3,(H,30,33). The predicted molar refractivity (Wildman–Crippen MR) is 149 cm³/mol. The topological polar surface area (TPSA) is 69.7 Å².